The summed E-state index contributed by atoms with van der Waals surface area (Å²) in [5.41, 5.74) is -0.118. The zero-order valence-electron chi connectivity index (χ0n) is 11.6. The Balaban J connectivity index is 2.57. The summed E-state index contributed by atoms with van der Waals surface area (Å²) in [5, 5.41) is 2.82. The lowest BCUT2D eigenvalue weighted by Crippen LogP contribution is -2.27. The van der Waals surface area contributed by atoms with Gasteiger partial charge in [0.2, 0.25) is 5.82 Å². The van der Waals surface area contributed by atoms with Crippen molar-refractivity contribution in [3.05, 3.63) is 46.3 Å². The van der Waals surface area contributed by atoms with Crippen LogP contribution in [0.1, 0.15) is 44.2 Å². The van der Waals surface area contributed by atoms with Crippen molar-refractivity contribution in [2.75, 3.05) is 6.54 Å². The number of rotatable bonds is 4. The lowest BCUT2D eigenvalue weighted by atomic mass is 9.89. The second-order valence-electron chi connectivity index (χ2n) is 5.00. The molecule has 1 nitrogen and oxygen atoms in total. The molecular weight excluding hydrogens is 289 g/mol. The first-order valence-electron chi connectivity index (χ1n) is 6.92. The summed E-state index contributed by atoms with van der Waals surface area (Å²) in [7, 11) is 0. The van der Waals surface area contributed by atoms with E-state index in [1.54, 1.807) is 6.92 Å². The zero-order valence-corrected chi connectivity index (χ0v) is 11.6. The lowest BCUT2D eigenvalue weighted by Gasteiger charge is -2.25. The smallest absolute Gasteiger partial charge is 0.200 e. The van der Waals surface area contributed by atoms with Crippen LogP contribution in [0.25, 0.3) is 0 Å². The minimum Gasteiger partial charge on any atom is -0.307 e. The van der Waals surface area contributed by atoms with E-state index in [1.165, 1.54) is 0 Å². The Morgan fingerprint density at radius 2 is 1.52 bits per heavy atom. The summed E-state index contributed by atoms with van der Waals surface area (Å²) in [6.07, 6.45) is 4.93. The number of benzene rings is 1. The van der Waals surface area contributed by atoms with Crippen LogP contribution in [0.15, 0.2) is 11.6 Å². The van der Waals surface area contributed by atoms with Crippen molar-refractivity contribution in [1.82, 2.24) is 5.32 Å². The lowest BCUT2D eigenvalue weighted by molar-refractivity contribution is 0.360. The van der Waals surface area contributed by atoms with Gasteiger partial charge in [0.05, 0.1) is 11.6 Å². The highest BCUT2D eigenvalue weighted by molar-refractivity contribution is 5.33. The Bertz CT molecular complexity index is 539. The predicted molar refractivity (Wildman–Crippen MR) is 69.2 cm³/mol. The van der Waals surface area contributed by atoms with E-state index in [9.17, 15) is 22.0 Å². The van der Waals surface area contributed by atoms with Gasteiger partial charge in [-0.1, -0.05) is 18.6 Å². The van der Waals surface area contributed by atoms with Gasteiger partial charge in [0.25, 0.3) is 0 Å². The fraction of sp³-hybridized carbons (Fsp3) is 0.467. The highest BCUT2D eigenvalue weighted by Gasteiger charge is 2.31. The summed E-state index contributed by atoms with van der Waals surface area (Å²) in [6.45, 7) is 2.06. The van der Waals surface area contributed by atoms with E-state index < -0.39 is 40.7 Å². The molecule has 1 N–H and O–H groups in total. The SMILES string of the molecule is CCNC(C1=CCCCC1)c1c(F)c(F)c(F)c(F)c1F. The molecule has 0 saturated heterocycles. The fourth-order valence-electron chi connectivity index (χ4n) is 2.62. The molecule has 0 bridgehead atoms. The van der Waals surface area contributed by atoms with Crippen molar-refractivity contribution in [3.63, 3.8) is 0 Å². The summed E-state index contributed by atoms with van der Waals surface area (Å²) < 4.78 is 67.7. The molecule has 1 atom stereocenters. The van der Waals surface area contributed by atoms with Crippen LogP contribution in [-0.2, 0) is 0 Å². The standard InChI is InChI=1S/C15H16F5N/c1-2-21-15(8-6-4-3-5-7-8)9-10(16)12(18)14(20)13(19)11(9)17/h6,15,21H,2-5,7H2,1H3. The number of halogens is 5. The van der Waals surface area contributed by atoms with Crippen LogP contribution in [0.5, 0.6) is 0 Å². The van der Waals surface area contributed by atoms with Gasteiger partial charge in [-0.3, -0.25) is 0 Å². The average Bonchev–Trinajstić information content (AvgIpc) is 2.51. The quantitative estimate of drug-likeness (QED) is 0.373. The maximum atomic E-state index is 13.9. The number of nitrogens with one attached hydrogen (secondary N) is 1. The van der Waals surface area contributed by atoms with E-state index >= 15 is 0 Å². The topological polar surface area (TPSA) is 12.0 Å². The number of hydrogen-bond donors (Lipinski definition) is 1. The minimum atomic E-state index is -2.12. The van der Waals surface area contributed by atoms with E-state index in [2.05, 4.69) is 5.32 Å². The van der Waals surface area contributed by atoms with Crippen LogP contribution in [0.3, 0.4) is 0 Å². The van der Waals surface area contributed by atoms with Gasteiger partial charge in [-0.2, -0.15) is 0 Å². The van der Waals surface area contributed by atoms with Gasteiger partial charge in [0, 0.05) is 0 Å². The zero-order chi connectivity index (χ0) is 15.6. The van der Waals surface area contributed by atoms with Crippen molar-refractivity contribution < 1.29 is 22.0 Å². The predicted octanol–water partition coefficient (Wildman–Crippen LogP) is 4.53. The number of likely N-dealkylation sites (N-methyl/N-ethyl adjacent to an activating group) is 1. The molecule has 1 unspecified atom stereocenters. The summed E-state index contributed by atoms with van der Waals surface area (Å²) >= 11 is 0. The third-order valence-electron chi connectivity index (χ3n) is 3.64. The molecule has 0 radical (unpaired) electrons. The third-order valence-corrected chi connectivity index (χ3v) is 3.64. The molecule has 0 fully saturated rings. The van der Waals surface area contributed by atoms with Gasteiger partial charge < -0.3 is 5.32 Å². The Hall–Kier alpha value is -1.43. The Morgan fingerprint density at radius 3 is 2.00 bits per heavy atom. The van der Waals surface area contributed by atoms with Gasteiger partial charge in [0.15, 0.2) is 23.3 Å². The van der Waals surface area contributed by atoms with E-state index in [0.717, 1.165) is 19.3 Å². The van der Waals surface area contributed by atoms with Crippen molar-refractivity contribution in [2.45, 2.75) is 38.6 Å². The van der Waals surface area contributed by atoms with Gasteiger partial charge in [-0.15, -0.1) is 0 Å². The molecule has 0 saturated carbocycles. The molecule has 0 amide bonds. The Labute approximate surface area is 119 Å². The molecule has 21 heavy (non-hydrogen) atoms. The maximum absolute atomic E-state index is 13.9. The summed E-state index contributed by atoms with van der Waals surface area (Å²) in [5.74, 6) is -9.44. The fourth-order valence-corrected chi connectivity index (χ4v) is 2.62. The average molecular weight is 305 g/mol. The number of allylic oxidation sites excluding steroid dienone is 1. The Morgan fingerprint density at radius 1 is 0.952 bits per heavy atom. The molecule has 1 aliphatic carbocycles. The Kier molecular flexibility index (Phi) is 4.98. The van der Waals surface area contributed by atoms with Crippen molar-refractivity contribution in [2.24, 2.45) is 0 Å². The molecule has 6 heteroatoms. The van der Waals surface area contributed by atoms with Crippen LogP contribution in [-0.4, -0.2) is 6.54 Å². The first-order valence-corrected chi connectivity index (χ1v) is 6.92. The van der Waals surface area contributed by atoms with Gasteiger partial charge in [0.1, 0.15) is 0 Å². The third kappa shape index (κ3) is 2.95. The molecule has 1 aliphatic rings. The van der Waals surface area contributed by atoms with E-state index in [1.807, 2.05) is 6.08 Å². The first kappa shape index (κ1) is 15.9. The van der Waals surface area contributed by atoms with Gasteiger partial charge >= 0.3 is 0 Å². The van der Waals surface area contributed by atoms with E-state index in [4.69, 9.17) is 0 Å². The van der Waals surface area contributed by atoms with Crippen LogP contribution in [0.4, 0.5) is 22.0 Å². The molecule has 0 aliphatic heterocycles. The molecule has 0 aromatic heterocycles. The summed E-state index contributed by atoms with van der Waals surface area (Å²) in [6, 6.07) is -0.986. The number of hydrogen-bond acceptors (Lipinski definition) is 1. The normalized spacial score (nSPS) is 16.8. The molecule has 1 aromatic rings. The molecule has 0 heterocycles. The van der Waals surface area contributed by atoms with E-state index in [-0.39, 0.29) is 0 Å². The minimum absolute atomic E-state index is 0.349. The van der Waals surface area contributed by atoms with Crippen LogP contribution in [0, 0.1) is 29.1 Å². The molecule has 1 aromatic carbocycles. The maximum Gasteiger partial charge on any atom is 0.200 e. The van der Waals surface area contributed by atoms with Gasteiger partial charge in [-0.05, 0) is 32.2 Å². The molecule has 0 spiro atoms. The molecule has 116 valence electrons. The van der Waals surface area contributed by atoms with Gasteiger partial charge in [-0.25, -0.2) is 22.0 Å². The molecular formula is C15H16F5N. The van der Waals surface area contributed by atoms with Crippen LogP contribution < -0.4 is 5.32 Å². The monoisotopic (exact) mass is 305 g/mol. The van der Waals surface area contributed by atoms with Crippen LogP contribution >= 0.6 is 0 Å². The largest absolute Gasteiger partial charge is 0.307 e. The van der Waals surface area contributed by atoms with Crippen molar-refractivity contribution in [3.8, 4) is 0 Å². The van der Waals surface area contributed by atoms with Crippen molar-refractivity contribution >= 4 is 0 Å². The van der Waals surface area contributed by atoms with Crippen molar-refractivity contribution in [1.29, 1.82) is 0 Å². The highest BCUT2D eigenvalue weighted by Crippen LogP contribution is 2.35. The highest BCUT2D eigenvalue weighted by atomic mass is 19.2. The second-order valence-corrected chi connectivity index (χ2v) is 5.00. The first-order chi connectivity index (χ1) is 9.99. The summed E-state index contributed by atoms with van der Waals surface area (Å²) in [4.78, 5) is 0. The van der Waals surface area contributed by atoms with Crippen LogP contribution in [0.2, 0.25) is 0 Å². The molecule has 2 rings (SSSR count). The van der Waals surface area contributed by atoms with E-state index in [0.29, 0.717) is 18.5 Å². The second kappa shape index (κ2) is 6.56.